The first-order chi connectivity index (χ1) is 6.99. The standard InChI is InChI=1S/C9H11ClFNO3/c10-7-8(14)4(6(12)1-2-13)3-5(11)9(7)15/h3,6,13-15H,1-2,12H2. The van der Waals surface area contributed by atoms with E-state index in [2.05, 4.69) is 0 Å². The summed E-state index contributed by atoms with van der Waals surface area (Å²) in [4.78, 5) is 0. The summed E-state index contributed by atoms with van der Waals surface area (Å²) in [6.07, 6.45) is 0.161. The molecule has 1 aromatic carbocycles. The van der Waals surface area contributed by atoms with Crippen LogP contribution in [0.1, 0.15) is 18.0 Å². The van der Waals surface area contributed by atoms with Gasteiger partial charge in [0, 0.05) is 18.2 Å². The average molecular weight is 236 g/mol. The number of phenolic OH excluding ortho intramolecular Hbond substituents is 2. The van der Waals surface area contributed by atoms with Gasteiger partial charge in [-0.05, 0) is 12.5 Å². The van der Waals surface area contributed by atoms with Gasteiger partial charge in [0.2, 0.25) is 0 Å². The van der Waals surface area contributed by atoms with Crippen LogP contribution in [0, 0.1) is 5.82 Å². The largest absolute Gasteiger partial charge is 0.506 e. The minimum atomic E-state index is -0.957. The van der Waals surface area contributed by atoms with Crippen molar-refractivity contribution in [3.05, 3.63) is 22.5 Å². The Bertz CT molecular complexity index is 373. The fourth-order valence-electron chi connectivity index (χ4n) is 1.19. The maximum absolute atomic E-state index is 13.1. The maximum atomic E-state index is 13.1. The zero-order valence-electron chi connectivity index (χ0n) is 7.74. The van der Waals surface area contributed by atoms with E-state index in [0.29, 0.717) is 0 Å². The van der Waals surface area contributed by atoms with Crippen LogP contribution in [0.3, 0.4) is 0 Å². The fourth-order valence-corrected chi connectivity index (χ4v) is 1.39. The van der Waals surface area contributed by atoms with E-state index in [0.717, 1.165) is 6.07 Å². The minimum absolute atomic E-state index is 0.0596. The second kappa shape index (κ2) is 4.65. The van der Waals surface area contributed by atoms with E-state index in [4.69, 9.17) is 27.5 Å². The molecule has 0 bridgehead atoms. The number of hydrogen-bond acceptors (Lipinski definition) is 4. The van der Waals surface area contributed by atoms with Crippen molar-refractivity contribution in [2.24, 2.45) is 5.73 Å². The Kier molecular flexibility index (Phi) is 3.73. The van der Waals surface area contributed by atoms with Gasteiger partial charge < -0.3 is 21.1 Å². The second-order valence-electron chi connectivity index (χ2n) is 3.08. The summed E-state index contributed by atoms with van der Waals surface area (Å²) in [5.41, 5.74) is 5.63. The van der Waals surface area contributed by atoms with Gasteiger partial charge in [-0.1, -0.05) is 11.6 Å². The van der Waals surface area contributed by atoms with Gasteiger partial charge in [0.05, 0.1) is 0 Å². The molecular formula is C9H11ClFNO3. The number of nitrogens with two attached hydrogens (primary N) is 1. The van der Waals surface area contributed by atoms with Gasteiger partial charge in [0.1, 0.15) is 10.8 Å². The SMILES string of the molecule is NC(CCO)c1cc(F)c(O)c(Cl)c1O. The first-order valence-electron chi connectivity index (χ1n) is 4.25. The van der Waals surface area contributed by atoms with Crippen molar-refractivity contribution in [3.8, 4) is 11.5 Å². The van der Waals surface area contributed by atoms with E-state index in [1.807, 2.05) is 0 Å². The Morgan fingerprint density at radius 3 is 2.53 bits per heavy atom. The minimum Gasteiger partial charge on any atom is -0.506 e. The van der Waals surface area contributed by atoms with E-state index in [1.54, 1.807) is 0 Å². The summed E-state index contributed by atoms with van der Waals surface area (Å²) < 4.78 is 13.1. The van der Waals surface area contributed by atoms with Crippen molar-refractivity contribution in [1.82, 2.24) is 0 Å². The molecule has 1 aromatic rings. The van der Waals surface area contributed by atoms with Crippen molar-refractivity contribution < 1.29 is 19.7 Å². The molecule has 0 aromatic heterocycles. The summed E-state index contributed by atoms with van der Waals surface area (Å²) in [6, 6.07) is 0.166. The van der Waals surface area contributed by atoms with Gasteiger partial charge in [-0.3, -0.25) is 0 Å². The molecule has 0 aliphatic rings. The summed E-state index contributed by atoms with van der Waals surface area (Å²) in [6.45, 7) is -0.194. The Labute approximate surface area is 90.7 Å². The van der Waals surface area contributed by atoms with Crippen molar-refractivity contribution in [3.63, 3.8) is 0 Å². The molecule has 6 heteroatoms. The molecule has 0 aliphatic carbocycles. The number of aliphatic hydroxyl groups is 1. The number of benzene rings is 1. The van der Waals surface area contributed by atoms with Gasteiger partial charge in [-0.15, -0.1) is 0 Å². The summed E-state index contributed by atoms with van der Waals surface area (Å²) in [5.74, 6) is -2.23. The lowest BCUT2D eigenvalue weighted by Gasteiger charge is -2.14. The van der Waals surface area contributed by atoms with Crippen LogP contribution in [0.25, 0.3) is 0 Å². The van der Waals surface area contributed by atoms with Crippen LogP contribution in [0.2, 0.25) is 5.02 Å². The van der Waals surface area contributed by atoms with E-state index in [-0.39, 0.29) is 18.6 Å². The van der Waals surface area contributed by atoms with E-state index in [9.17, 15) is 9.50 Å². The highest BCUT2D eigenvalue weighted by molar-refractivity contribution is 6.33. The number of halogens is 2. The average Bonchev–Trinajstić information content (AvgIpc) is 2.20. The lowest BCUT2D eigenvalue weighted by molar-refractivity contribution is 0.275. The van der Waals surface area contributed by atoms with Crippen molar-refractivity contribution in [2.45, 2.75) is 12.5 Å². The monoisotopic (exact) mass is 235 g/mol. The summed E-state index contributed by atoms with van der Waals surface area (Å²) in [7, 11) is 0. The summed E-state index contributed by atoms with van der Waals surface area (Å²) >= 11 is 5.47. The van der Waals surface area contributed by atoms with E-state index >= 15 is 0 Å². The predicted molar refractivity (Wildman–Crippen MR) is 53.4 cm³/mol. The second-order valence-corrected chi connectivity index (χ2v) is 3.46. The number of aromatic hydroxyl groups is 2. The van der Waals surface area contributed by atoms with Crippen LogP contribution in [0.15, 0.2) is 6.07 Å². The molecule has 0 fully saturated rings. The van der Waals surface area contributed by atoms with Gasteiger partial charge in [-0.2, -0.15) is 0 Å². The number of aliphatic hydroxyl groups excluding tert-OH is 1. The lowest BCUT2D eigenvalue weighted by Crippen LogP contribution is -2.12. The Morgan fingerprint density at radius 1 is 1.40 bits per heavy atom. The quantitative estimate of drug-likeness (QED) is 0.636. The molecule has 0 radical (unpaired) electrons. The molecule has 1 rings (SSSR count). The fraction of sp³-hybridized carbons (Fsp3) is 0.333. The van der Waals surface area contributed by atoms with Crippen molar-refractivity contribution >= 4 is 11.6 Å². The molecule has 5 N–H and O–H groups in total. The molecule has 4 nitrogen and oxygen atoms in total. The van der Waals surface area contributed by atoms with Gasteiger partial charge in [0.25, 0.3) is 0 Å². The van der Waals surface area contributed by atoms with Gasteiger partial charge >= 0.3 is 0 Å². The smallest absolute Gasteiger partial charge is 0.174 e. The van der Waals surface area contributed by atoms with E-state index < -0.39 is 28.4 Å². The van der Waals surface area contributed by atoms with Crippen LogP contribution < -0.4 is 5.73 Å². The zero-order chi connectivity index (χ0) is 11.6. The molecular weight excluding hydrogens is 225 g/mol. The normalized spacial score (nSPS) is 12.8. The third-order valence-electron chi connectivity index (χ3n) is 2.04. The van der Waals surface area contributed by atoms with Crippen LogP contribution in [0.4, 0.5) is 4.39 Å². The zero-order valence-corrected chi connectivity index (χ0v) is 8.50. The first kappa shape index (κ1) is 12.0. The van der Waals surface area contributed by atoms with Crippen LogP contribution in [-0.2, 0) is 0 Å². The lowest BCUT2D eigenvalue weighted by atomic mass is 10.0. The molecule has 0 saturated heterocycles. The topological polar surface area (TPSA) is 86.7 Å². The van der Waals surface area contributed by atoms with Gasteiger partial charge in [-0.25, -0.2) is 4.39 Å². The van der Waals surface area contributed by atoms with E-state index in [1.165, 1.54) is 0 Å². The van der Waals surface area contributed by atoms with Crippen molar-refractivity contribution in [1.29, 1.82) is 0 Å². The third kappa shape index (κ3) is 2.31. The molecule has 0 spiro atoms. The highest BCUT2D eigenvalue weighted by Crippen LogP contribution is 2.39. The van der Waals surface area contributed by atoms with Crippen LogP contribution in [0.5, 0.6) is 11.5 Å². The summed E-state index contributed by atoms with van der Waals surface area (Å²) in [5, 5.41) is 26.7. The van der Waals surface area contributed by atoms with Crippen molar-refractivity contribution in [2.75, 3.05) is 6.61 Å². The van der Waals surface area contributed by atoms with Crippen LogP contribution in [-0.4, -0.2) is 21.9 Å². The highest BCUT2D eigenvalue weighted by Gasteiger charge is 2.19. The Morgan fingerprint density at radius 2 is 2.00 bits per heavy atom. The third-order valence-corrected chi connectivity index (χ3v) is 2.40. The maximum Gasteiger partial charge on any atom is 0.174 e. The van der Waals surface area contributed by atoms with Gasteiger partial charge in [0.15, 0.2) is 11.6 Å². The molecule has 84 valence electrons. The molecule has 1 unspecified atom stereocenters. The predicted octanol–water partition coefficient (Wildman–Crippen LogP) is 1.27. The molecule has 0 aliphatic heterocycles. The molecule has 0 saturated carbocycles. The molecule has 15 heavy (non-hydrogen) atoms. The first-order valence-corrected chi connectivity index (χ1v) is 4.63. The highest BCUT2D eigenvalue weighted by atomic mass is 35.5. The molecule has 1 atom stereocenters. The number of phenols is 2. The number of hydrogen-bond donors (Lipinski definition) is 4. The Hall–Kier alpha value is -1.04. The van der Waals surface area contributed by atoms with Crippen LogP contribution >= 0.6 is 11.6 Å². The molecule has 0 amide bonds. The number of rotatable bonds is 3. The Balaban J connectivity index is 3.19. The molecule has 0 heterocycles.